The van der Waals surface area contributed by atoms with Crippen LogP contribution >= 0.6 is 11.6 Å². The van der Waals surface area contributed by atoms with Crippen LogP contribution in [-0.4, -0.2) is 75.8 Å². The molecule has 1 saturated heterocycles. The van der Waals surface area contributed by atoms with Crippen LogP contribution < -0.4 is 10.6 Å². The van der Waals surface area contributed by atoms with Crippen molar-refractivity contribution in [3.63, 3.8) is 0 Å². The number of piperidine rings is 1. The van der Waals surface area contributed by atoms with E-state index in [9.17, 15) is 18.8 Å². The molecule has 0 saturated carbocycles. The fourth-order valence-electron chi connectivity index (χ4n) is 5.28. The lowest BCUT2D eigenvalue weighted by Gasteiger charge is -2.35. The number of hydrogen-bond donors (Lipinski definition) is 2. The first-order valence-corrected chi connectivity index (χ1v) is 13.8. The molecular weight excluding hydrogens is 523 g/mol. The van der Waals surface area contributed by atoms with Gasteiger partial charge in [0.05, 0.1) is 11.3 Å². The van der Waals surface area contributed by atoms with Crippen molar-refractivity contribution in [2.75, 3.05) is 26.7 Å². The molecule has 1 aromatic heterocycles. The molecule has 11 heteroatoms. The normalized spacial score (nSPS) is 17.8. The molecule has 3 amide bonds. The molecule has 2 aliphatic rings. The van der Waals surface area contributed by atoms with Gasteiger partial charge in [-0.05, 0) is 56.5 Å². The zero-order chi connectivity index (χ0) is 28.5. The summed E-state index contributed by atoms with van der Waals surface area (Å²) < 4.78 is 16.8. The number of amides is 3. The minimum atomic E-state index is -0.831. The Labute approximate surface area is 234 Å². The van der Waals surface area contributed by atoms with Crippen LogP contribution in [0.2, 0.25) is 5.02 Å². The van der Waals surface area contributed by atoms with Crippen LogP contribution in [0, 0.1) is 11.2 Å². The molecule has 2 N–H and O–H groups in total. The average Bonchev–Trinajstić information content (AvgIpc) is 3.09. The van der Waals surface area contributed by atoms with E-state index in [1.165, 1.54) is 18.2 Å². The van der Waals surface area contributed by atoms with Crippen molar-refractivity contribution >= 4 is 29.3 Å². The Hall–Kier alpha value is -2.98. The molecule has 4 rings (SSSR count). The fourth-order valence-corrected chi connectivity index (χ4v) is 5.45. The highest BCUT2D eigenvalue weighted by Gasteiger charge is 2.36. The highest BCUT2D eigenvalue weighted by molar-refractivity contribution is 6.30. The summed E-state index contributed by atoms with van der Waals surface area (Å²) in [5.74, 6) is -0.856. The summed E-state index contributed by atoms with van der Waals surface area (Å²) in [6, 6.07) is 3.38. The summed E-state index contributed by atoms with van der Waals surface area (Å²) in [6.07, 6.45) is 2.13. The number of carbonyl (C=O) groups is 3. The Balaban J connectivity index is 1.61. The minimum absolute atomic E-state index is 0.0291. The Kier molecular flexibility index (Phi) is 8.66. The van der Waals surface area contributed by atoms with Crippen molar-refractivity contribution < 1.29 is 18.8 Å². The maximum Gasteiger partial charge on any atom is 0.272 e. The van der Waals surface area contributed by atoms with Crippen molar-refractivity contribution in [2.24, 2.45) is 5.41 Å². The molecule has 3 heterocycles. The number of imidazole rings is 1. The molecule has 9 nitrogen and oxygen atoms in total. The van der Waals surface area contributed by atoms with Crippen LogP contribution in [-0.2, 0) is 22.7 Å². The van der Waals surface area contributed by atoms with E-state index in [0.717, 1.165) is 13.0 Å². The first kappa shape index (κ1) is 29.0. The second-order valence-corrected chi connectivity index (χ2v) is 12.1. The molecule has 0 spiro atoms. The van der Waals surface area contributed by atoms with Crippen molar-refractivity contribution in [3.8, 4) is 11.4 Å². The van der Waals surface area contributed by atoms with E-state index < -0.39 is 23.2 Å². The van der Waals surface area contributed by atoms with Gasteiger partial charge >= 0.3 is 0 Å². The minimum Gasteiger partial charge on any atom is -0.351 e. The van der Waals surface area contributed by atoms with E-state index in [1.54, 1.807) is 11.8 Å². The zero-order valence-electron chi connectivity index (χ0n) is 23.3. The Bertz CT molecular complexity index is 1250. The molecular formula is C28H38ClFN6O3. The summed E-state index contributed by atoms with van der Waals surface area (Å²) in [4.78, 5) is 47.3. The maximum absolute atomic E-state index is 14.9. The second kappa shape index (κ2) is 11.6. The molecule has 212 valence electrons. The smallest absolute Gasteiger partial charge is 0.272 e. The number of benzene rings is 1. The number of hydrogen-bond acceptors (Lipinski definition) is 5. The topological polar surface area (TPSA) is 99.6 Å². The predicted molar refractivity (Wildman–Crippen MR) is 148 cm³/mol. The fraction of sp³-hybridized carbons (Fsp3) is 0.571. The van der Waals surface area contributed by atoms with E-state index in [1.807, 2.05) is 32.4 Å². The van der Waals surface area contributed by atoms with E-state index in [2.05, 4.69) is 20.5 Å². The van der Waals surface area contributed by atoms with Gasteiger partial charge in [0, 0.05) is 44.2 Å². The molecule has 0 bridgehead atoms. The molecule has 1 atom stereocenters. The summed E-state index contributed by atoms with van der Waals surface area (Å²) in [5, 5.41) is 6.39. The number of nitrogens with one attached hydrogen (secondary N) is 2. The van der Waals surface area contributed by atoms with Gasteiger partial charge in [-0.2, -0.15) is 0 Å². The van der Waals surface area contributed by atoms with Gasteiger partial charge < -0.3 is 25.0 Å². The highest BCUT2D eigenvalue weighted by atomic mass is 35.5. The summed E-state index contributed by atoms with van der Waals surface area (Å²) in [6.45, 7) is 10.2. The summed E-state index contributed by atoms with van der Waals surface area (Å²) in [7, 11) is 1.97. The van der Waals surface area contributed by atoms with Gasteiger partial charge in [0.15, 0.2) is 5.69 Å². The standard InChI is InChI=1S/C28H38ClFN6O3/c1-17(37)35-13-9-19(10-14-35)31-27(39)24(28(2,3)4)33-26(38)23-22-16-34(5)11-6-12-36(22)25(32-23)20-15-18(29)7-8-21(20)30/h7-8,15,19,24H,6,9-14,16H2,1-5H3,(H,31,39)(H,33,38)/t24-/m1/s1. The third-order valence-corrected chi connectivity index (χ3v) is 7.72. The molecule has 1 aromatic carbocycles. The number of rotatable bonds is 5. The first-order valence-electron chi connectivity index (χ1n) is 13.4. The van der Waals surface area contributed by atoms with E-state index in [0.29, 0.717) is 55.6 Å². The monoisotopic (exact) mass is 560 g/mol. The number of fused-ring (bicyclic) bond motifs is 1. The molecule has 0 radical (unpaired) electrons. The second-order valence-electron chi connectivity index (χ2n) is 11.7. The number of halogens is 2. The van der Waals surface area contributed by atoms with Gasteiger partial charge in [0.2, 0.25) is 11.8 Å². The summed E-state index contributed by atoms with van der Waals surface area (Å²) in [5.41, 5.74) is 0.491. The predicted octanol–water partition coefficient (Wildman–Crippen LogP) is 3.45. The Morgan fingerprint density at radius 2 is 1.82 bits per heavy atom. The molecule has 39 heavy (non-hydrogen) atoms. The van der Waals surface area contributed by atoms with E-state index >= 15 is 0 Å². The van der Waals surface area contributed by atoms with Crippen LogP contribution in [0.3, 0.4) is 0 Å². The van der Waals surface area contributed by atoms with Crippen LogP contribution in [0.25, 0.3) is 11.4 Å². The van der Waals surface area contributed by atoms with Crippen molar-refractivity contribution in [1.29, 1.82) is 0 Å². The Morgan fingerprint density at radius 1 is 1.13 bits per heavy atom. The lowest BCUT2D eigenvalue weighted by atomic mass is 9.85. The van der Waals surface area contributed by atoms with E-state index in [-0.39, 0.29) is 29.1 Å². The molecule has 0 unspecified atom stereocenters. The lowest BCUT2D eigenvalue weighted by molar-refractivity contribution is -0.130. The molecule has 2 aromatic rings. The van der Waals surface area contributed by atoms with Crippen molar-refractivity contribution in [1.82, 2.24) is 30.0 Å². The van der Waals surface area contributed by atoms with Crippen LogP contribution in [0.1, 0.15) is 63.1 Å². The third kappa shape index (κ3) is 6.61. The zero-order valence-corrected chi connectivity index (χ0v) is 24.1. The SMILES string of the molecule is CC(=O)N1CCC(NC(=O)[C@@H](NC(=O)c2nc(-c3cc(Cl)ccc3F)n3c2CN(C)CCC3)C(C)(C)C)CC1. The highest BCUT2D eigenvalue weighted by Crippen LogP contribution is 2.30. The molecule has 0 aliphatic carbocycles. The lowest BCUT2D eigenvalue weighted by Crippen LogP contribution is -2.57. The van der Waals surface area contributed by atoms with Gasteiger partial charge in [-0.3, -0.25) is 14.4 Å². The van der Waals surface area contributed by atoms with E-state index in [4.69, 9.17) is 11.6 Å². The van der Waals surface area contributed by atoms with Gasteiger partial charge in [-0.1, -0.05) is 32.4 Å². The quantitative estimate of drug-likeness (QED) is 0.583. The third-order valence-electron chi connectivity index (χ3n) is 7.49. The number of aromatic nitrogens is 2. The number of nitrogens with zero attached hydrogens (tertiary/aromatic N) is 4. The molecule has 1 fully saturated rings. The first-order chi connectivity index (χ1) is 18.3. The van der Waals surface area contributed by atoms with Crippen LogP contribution in [0.15, 0.2) is 18.2 Å². The van der Waals surface area contributed by atoms with Gasteiger partial charge in [-0.15, -0.1) is 0 Å². The maximum atomic E-state index is 14.9. The van der Waals surface area contributed by atoms with Gasteiger partial charge in [0.1, 0.15) is 17.7 Å². The van der Waals surface area contributed by atoms with Crippen LogP contribution in [0.4, 0.5) is 4.39 Å². The largest absolute Gasteiger partial charge is 0.351 e. The average molecular weight is 561 g/mol. The Morgan fingerprint density at radius 3 is 2.46 bits per heavy atom. The number of likely N-dealkylation sites (tertiary alicyclic amines) is 1. The molecule has 2 aliphatic heterocycles. The van der Waals surface area contributed by atoms with Gasteiger partial charge in [0.25, 0.3) is 5.91 Å². The van der Waals surface area contributed by atoms with Crippen molar-refractivity contribution in [3.05, 3.63) is 40.4 Å². The van der Waals surface area contributed by atoms with Gasteiger partial charge in [-0.25, -0.2) is 9.37 Å². The van der Waals surface area contributed by atoms with Crippen molar-refractivity contribution in [2.45, 2.75) is 72.1 Å². The van der Waals surface area contributed by atoms with Crippen LogP contribution in [0.5, 0.6) is 0 Å². The number of carbonyl (C=O) groups excluding carboxylic acids is 3. The summed E-state index contributed by atoms with van der Waals surface area (Å²) >= 11 is 6.18.